The van der Waals surface area contributed by atoms with Crippen molar-refractivity contribution in [2.75, 3.05) is 6.54 Å². The molecule has 1 aliphatic carbocycles. The van der Waals surface area contributed by atoms with Crippen LogP contribution >= 0.6 is 0 Å². The molecule has 2 N–H and O–H groups in total. The number of nitrogens with one attached hydrogen (secondary N) is 2. The van der Waals surface area contributed by atoms with Gasteiger partial charge in [-0.15, -0.1) is 0 Å². The molecule has 0 spiro atoms. The van der Waals surface area contributed by atoms with Crippen molar-refractivity contribution in [3.8, 4) is 0 Å². The van der Waals surface area contributed by atoms with Gasteiger partial charge in [0, 0.05) is 5.92 Å². The van der Waals surface area contributed by atoms with E-state index in [1.54, 1.807) is 18.7 Å². The zero-order valence-electron chi connectivity index (χ0n) is 11.1. The van der Waals surface area contributed by atoms with Crippen LogP contribution < -0.4 is 5.32 Å². The van der Waals surface area contributed by atoms with Gasteiger partial charge < -0.3 is 4.90 Å². The molecule has 2 amide bonds. The second-order valence-corrected chi connectivity index (χ2v) is 5.74. The van der Waals surface area contributed by atoms with Gasteiger partial charge >= 0.3 is 0 Å². The Kier molecular flexibility index (Phi) is 3.41. The predicted octanol–water partition coefficient (Wildman–Crippen LogP) is 1.28. The molecule has 0 aromatic heterocycles. The summed E-state index contributed by atoms with van der Waals surface area (Å²) in [5.41, 5.74) is -0.803. The molecular formula is C13H21N3O2. The Morgan fingerprint density at radius 2 is 1.89 bits per heavy atom. The fourth-order valence-corrected chi connectivity index (χ4v) is 2.77. The Morgan fingerprint density at radius 1 is 1.28 bits per heavy atom. The number of amidine groups is 1. The van der Waals surface area contributed by atoms with Crippen LogP contribution in [0.3, 0.4) is 0 Å². The first-order chi connectivity index (χ1) is 8.43. The fraction of sp³-hybridized carbons (Fsp3) is 0.769. The zero-order valence-corrected chi connectivity index (χ0v) is 11.1. The number of nitrogens with zero attached hydrogens (tertiary/aromatic N) is 1. The van der Waals surface area contributed by atoms with Crippen molar-refractivity contribution in [2.45, 2.75) is 51.5 Å². The first-order valence-corrected chi connectivity index (χ1v) is 6.63. The van der Waals surface area contributed by atoms with E-state index in [-0.39, 0.29) is 24.3 Å². The van der Waals surface area contributed by atoms with Crippen molar-refractivity contribution in [3.05, 3.63) is 0 Å². The maximum atomic E-state index is 11.9. The standard InChI is InChI=1S/C13H21N3O2/c1-13(2)12(18)15-10(17)8-16(13)11(14)9-6-4-3-5-7-9/h9,14H,3-8H2,1-2H3,(H,15,17,18). The molecule has 100 valence electrons. The summed E-state index contributed by atoms with van der Waals surface area (Å²) in [7, 11) is 0. The highest BCUT2D eigenvalue weighted by Crippen LogP contribution is 2.29. The van der Waals surface area contributed by atoms with Gasteiger partial charge in [-0.2, -0.15) is 0 Å². The number of hydrogen-bond acceptors (Lipinski definition) is 3. The summed E-state index contributed by atoms with van der Waals surface area (Å²) in [4.78, 5) is 25.0. The van der Waals surface area contributed by atoms with Gasteiger partial charge in [-0.3, -0.25) is 20.3 Å². The van der Waals surface area contributed by atoms with E-state index in [0.717, 1.165) is 25.7 Å². The molecule has 2 fully saturated rings. The van der Waals surface area contributed by atoms with Crippen molar-refractivity contribution >= 4 is 17.6 Å². The number of rotatable bonds is 1. The van der Waals surface area contributed by atoms with Crippen molar-refractivity contribution in [1.29, 1.82) is 5.41 Å². The van der Waals surface area contributed by atoms with Gasteiger partial charge in [0.25, 0.3) is 5.91 Å². The highest BCUT2D eigenvalue weighted by molar-refractivity contribution is 6.06. The highest BCUT2D eigenvalue weighted by atomic mass is 16.2. The van der Waals surface area contributed by atoms with Crippen molar-refractivity contribution in [1.82, 2.24) is 10.2 Å². The molecule has 2 aliphatic rings. The highest BCUT2D eigenvalue weighted by Gasteiger charge is 2.43. The lowest BCUT2D eigenvalue weighted by molar-refractivity contribution is -0.142. The van der Waals surface area contributed by atoms with Crippen LogP contribution in [-0.2, 0) is 9.59 Å². The second-order valence-electron chi connectivity index (χ2n) is 5.74. The molecule has 0 aromatic carbocycles. The minimum atomic E-state index is -0.803. The van der Waals surface area contributed by atoms with Crippen LogP contribution in [-0.4, -0.2) is 34.6 Å². The molecule has 0 unspecified atom stereocenters. The lowest BCUT2D eigenvalue weighted by Crippen LogP contribution is -2.66. The van der Waals surface area contributed by atoms with Crippen LogP contribution in [0.25, 0.3) is 0 Å². The molecule has 2 rings (SSSR count). The van der Waals surface area contributed by atoms with Crippen LogP contribution in [0, 0.1) is 11.3 Å². The summed E-state index contributed by atoms with van der Waals surface area (Å²) in [5.74, 6) is 0.0545. The van der Waals surface area contributed by atoms with Gasteiger partial charge in [-0.05, 0) is 26.7 Å². The third kappa shape index (κ3) is 2.26. The van der Waals surface area contributed by atoms with Gasteiger partial charge in [0.2, 0.25) is 5.91 Å². The van der Waals surface area contributed by atoms with Gasteiger partial charge in [-0.25, -0.2) is 0 Å². The summed E-state index contributed by atoms with van der Waals surface area (Å²) in [6.45, 7) is 3.66. The molecule has 0 atom stereocenters. The van der Waals surface area contributed by atoms with E-state index in [1.165, 1.54) is 6.42 Å². The molecule has 1 aliphatic heterocycles. The maximum absolute atomic E-state index is 11.9. The van der Waals surface area contributed by atoms with E-state index < -0.39 is 5.54 Å². The number of carbonyl (C=O) groups is 2. The van der Waals surface area contributed by atoms with Crippen LogP contribution in [0.5, 0.6) is 0 Å². The number of amides is 2. The first-order valence-electron chi connectivity index (χ1n) is 6.63. The van der Waals surface area contributed by atoms with Crippen molar-refractivity contribution in [2.24, 2.45) is 5.92 Å². The smallest absolute Gasteiger partial charge is 0.251 e. The molecule has 0 aromatic rings. The molecule has 1 saturated heterocycles. The second kappa shape index (κ2) is 4.71. The Balaban J connectivity index is 2.16. The van der Waals surface area contributed by atoms with E-state index in [9.17, 15) is 9.59 Å². The van der Waals surface area contributed by atoms with Crippen molar-refractivity contribution in [3.63, 3.8) is 0 Å². The van der Waals surface area contributed by atoms with E-state index in [2.05, 4.69) is 5.32 Å². The average molecular weight is 251 g/mol. The minimum absolute atomic E-state index is 0.119. The van der Waals surface area contributed by atoms with E-state index in [0.29, 0.717) is 5.84 Å². The number of carbonyl (C=O) groups excluding carboxylic acids is 2. The Hall–Kier alpha value is -1.39. The van der Waals surface area contributed by atoms with Gasteiger partial charge in [0.05, 0.1) is 6.54 Å². The van der Waals surface area contributed by atoms with Gasteiger partial charge in [0.15, 0.2) is 0 Å². The summed E-state index contributed by atoms with van der Waals surface area (Å²) in [6.07, 6.45) is 5.51. The number of hydrogen-bond donors (Lipinski definition) is 2. The normalized spacial score (nSPS) is 24.9. The minimum Gasteiger partial charge on any atom is -0.337 e. The zero-order chi connectivity index (χ0) is 13.3. The van der Waals surface area contributed by atoms with E-state index >= 15 is 0 Å². The monoisotopic (exact) mass is 251 g/mol. The molecule has 0 radical (unpaired) electrons. The predicted molar refractivity (Wildman–Crippen MR) is 68.2 cm³/mol. The fourth-order valence-electron chi connectivity index (χ4n) is 2.77. The first kappa shape index (κ1) is 13.1. The molecule has 18 heavy (non-hydrogen) atoms. The summed E-state index contributed by atoms with van der Waals surface area (Å²) in [5, 5.41) is 10.6. The summed E-state index contributed by atoms with van der Waals surface area (Å²) >= 11 is 0. The van der Waals surface area contributed by atoms with Crippen LogP contribution in [0.2, 0.25) is 0 Å². The number of piperazine rings is 1. The summed E-state index contributed by atoms with van der Waals surface area (Å²) in [6, 6.07) is 0. The van der Waals surface area contributed by atoms with Crippen LogP contribution in [0.1, 0.15) is 46.0 Å². The Bertz CT molecular complexity index is 384. The number of imide groups is 1. The Labute approximate surface area is 107 Å². The van der Waals surface area contributed by atoms with E-state index in [4.69, 9.17) is 5.41 Å². The molecule has 5 heteroatoms. The molecule has 1 heterocycles. The SMILES string of the molecule is CC1(C)C(=O)NC(=O)CN1C(=N)C1CCCCC1. The lowest BCUT2D eigenvalue weighted by Gasteiger charge is -2.44. The maximum Gasteiger partial charge on any atom is 0.251 e. The molecular weight excluding hydrogens is 230 g/mol. The molecule has 5 nitrogen and oxygen atoms in total. The average Bonchev–Trinajstić information content (AvgIpc) is 2.34. The van der Waals surface area contributed by atoms with E-state index in [1.807, 2.05) is 0 Å². The Morgan fingerprint density at radius 3 is 2.50 bits per heavy atom. The van der Waals surface area contributed by atoms with Crippen LogP contribution in [0.15, 0.2) is 0 Å². The molecule has 1 saturated carbocycles. The van der Waals surface area contributed by atoms with Crippen molar-refractivity contribution < 1.29 is 9.59 Å². The van der Waals surface area contributed by atoms with Gasteiger partial charge in [-0.1, -0.05) is 19.3 Å². The third-order valence-electron chi connectivity index (χ3n) is 4.07. The topological polar surface area (TPSA) is 73.3 Å². The lowest BCUT2D eigenvalue weighted by atomic mass is 9.86. The summed E-state index contributed by atoms with van der Waals surface area (Å²) < 4.78 is 0. The van der Waals surface area contributed by atoms with Crippen LogP contribution in [0.4, 0.5) is 0 Å². The molecule has 0 bridgehead atoms. The third-order valence-corrected chi connectivity index (χ3v) is 4.07. The largest absolute Gasteiger partial charge is 0.337 e. The van der Waals surface area contributed by atoms with Gasteiger partial charge in [0.1, 0.15) is 11.4 Å². The quantitative estimate of drug-likeness (QED) is 0.419.